The van der Waals surface area contributed by atoms with E-state index in [-0.39, 0.29) is 11.3 Å². The second kappa shape index (κ2) is 5.22. The molecule has 0 N–H and O–H groups in total. The highest BCUT2D eigenvalue weighted by Crippen LogP contribution is 2.28. The lowest BCUT2D eigenvalue weighted by atomic mass is 9.97. The van der Waals surface area contributed by atoms with Gasteiger partial charge in [0.15, 0.2) is 5.78 Å². The van der Waals surface area contributed by atoms with Gasteiger partial charge in [0.2, 0.25) is 0 Å². The minimum absolute atomic E-state index is 0.0593. The van der Waals surface area contributed by atoms with Crippen LogP contribution in [0.2, 0.25) is 0 Å². The fourth-order valence-electron chi connectivity index (χ4n) is 2.02. The maximum Gasteiger partial charge on any atom is 0.199 e. The van der Waals surface area contributed by atoms with E-state index in [9.17, 15) is 9.18 Å². The Morgan fingerprint density at radius 2 is 1.74 bits per heavy atom. The number of halogens is 1. The standard InChI is InChI=1S/C16H15FO2/c1-10-8-9-13(16(19-3)11(10)2)15(18)12-6-4-5-7-14(12)17/h4-9H,1-3H3. The Morgan fingerprint density at radius 1 is 1.05 bits per heavy atom. The van der Waals surface area contributed by atoms with Crippen LogP contribution in [0.25, 0.3) is 0 Å². The van der Waals surface area contributed by atoms with Gasteiger partial charge in [0.25, 0.3) is 0 Å². The number of carbonyl (C=O) groups excluding carboxylic acids is 1. The van der Waals surface area contributed by atoms with Gasteiger partial charge in [0.05, 0.1) is 18.2 Å². The smallest absolute Gasteiger partial charge is 0.199 e. The van der Waals surface area contributed by atoms with Crippen LogP contribution in [-0.4, -0.2) is 12.9 Å². The molecule has 0 saturated carbocycles. The van der Waals surface area contributed by atoms with E-state index in [1.807, 2.05) is 19.9 Å². The Labute approximate surface area is 111 Å². The third-order valence-corrected chi connectivity index (χ3v) is 3.24. The lowest BCUT2D eigenvalue weighted by Crippen LogP contribution is -2.07. The first kappa shape index (κ1) is 13.3. The van der Waals surface area contributed by atoms with Gasteiger partial charge in [-0.25, -0.2) is 4.39 Å². The molecule has 0 saturated heterocycles. The highest BCUT2D eigenvalue weighted by atomic mass is 19.1. The molecule has 2 rings (SSSR count). The van der Waals surface area contributed by atoms with Crippen molar-refractivity contribution in [1.29, 1.82) is 0 Å². The van der Waals surface area contributed by atoms with Gasteiger partial charge in [-0.15, -0.1) is 0 Å². The van der Waals surface area contributed by atoms with E-state index in [1.165, 1.54) is 19.2 Å². The van der Waals surface area contributed by atoms with Crippen molar-refractivity contribution in [3.8, 4) is 5.75 Å². The van der Waals surface area contributed by atoms with Crippen molar-refractivity contribution in [2.45, 2.75) is 13.8 Å². The molecule has 98 valence electrons. The molecule has 0 unspecified atom stereocenters. The van der Waals surface area contributed by atoms with Crippen molar-refractivity contribution in [3.05, 3.63) is 64.5 Å². The summed E-state index contributed by atoms with van der Waals surface area (Å²) >= 11 is 0. The lowest BCUT2D eigenvalue weighted by Gasteiger charge is -2.13. The number of rotatable bonds is 3. The maximum atomic E-state index is 13.7. The molecule has 19 heavy (non-hydrogen) atoms. The SMILES string of the molecule is COc1c(C(=O)c2ccccc2F)ccc(C)c1C. The third-order valence-electron chi connectivity index (χ3n) is 3.24. The summed E-state index contributed by atoms with van der Waals surface area (Å²) in [5.41, 5.74) is 2.37. The van der Waals surface area contributed by atoms with Gasteiger partial charge in [-0.1, -0.05) is 18.2 Å². The van der Waals surface area contributed by atoms with Crippen LogP contribution >= 0.6 is 0 Å². The van der Waals surface area contributed by atoms with Crippen molar-refractivity contribution in [2.24, 2.45) is 0 Å². The third kappa shape index (κ3) is 2.36. The minimum atomic E-state index is -0.521. The summed E-state index contributed by atoms with van der Waals surface area (Å²) in [6.07, 6.45) is 0. The van der Waals surface area contributed by atoms with Crippen LogP contribution < -0.4 is 4.74 Å². The maximum absolute atomic E-state index is 13.7. The molecule has 2 aromatic carbocycles. The van der Waals surface area contributed by atoms with E-state index in [4.69, 9.17) is 4.74 Å². The van der Waals surface area contributed by atoms with Crippen molar-refractivity contribution < 1.29 is 13.9 Å². The number of hydrogen-bond acceptors (Lipinski definition) is 2. The Kier molecular flexibility index (Phi) is 3.65. The lowest BCUT2D eigenvalue weighted by molar-refractivity contribution is 0.103. The largest absolute Gasteiger partial charge is 0.496 e. The molecule has 0 aliphatic carbocycles. The molecule has 0 fully saturated rings. The summed E-state index contributed by atoms with van der Waals surface area (Å²) < 4.78 is 19.0. The monoisotopic (exact) mass is 258 g/mol. The van der Waals surface area contributed by atoms with E-state index in [0.717, 1.165) is 11.1 Å². The van der Waals surface area contributed by atoms with Crippen molar-refractivity contribution in [1.82, 2.24) is 0 Å². The first-order valence-electron chi connectivity index (χ1n) is 5.99. The summed E-state index contributed by atoms with van der Waals surface area (Å²) in [5.74, 6) is -0.376. The zero-order chi connectivity index (χ0) is 14.0. The van der Waals surface area contributed by atoms with Gasteiger partial charge in [-0.05, 0) is 43.2 Å². The van der Waals surface area contributed by atoms with Crippen LogP contribution in [0.3, 0.4) is 0 Å². The van der Waals surface area contributed by atoms with Gasteiger partial charge in [0.1, 0.15) is 11.6 Å². The molecule has 0 aliphatic heterocycles. The summed E-state index contributed by atoms with van der Waals surface area (Å²) in [6.45, 7) is 3.82. The predicted octanol–water partition coefficient (Wildman–Crippen LogP) is 3.68. The highest BCUT2D eigenvalue weighted by molar-refractivity contribution is 6.11. The van der Waals surface area contributed by atoms with E-state index >= 15 is 0 Å². The molecule has 0 heterocycles. The number of carbonyl (C=O) groups is 1. The average molecular weight is 258 g/mol. The molecular weight excluding hydrogens is 243 g/mol. The summed E-state index contributed by atoms with van der Waals surface area (Å²) in [5, 5.41) is 0. The molecule has 2 nitrogen and oxygen atoms in total. The summed E-state index contributed by atoms with van der Waals surface area (Å²) in [7, 11) is 1.51. The van der Waals surface area contributed by atoms with Crippen molar-refractivity contribution >= 4 is 5.78 Å². The quantitative estimate of drug-likeness (QED) is 0.785. The number of benzene rings is 2. The highest BCUT2D eigenvalue weighted by Gasteiger charge is 2.19. The Balaban J connectivity index is 2.57. The van der Waals surface area contributed by atoms with Crippen molar-refractivity contribution in [2.75, 3.05) is 7.11 Å². The number of hydrogen-bond donors (Lipinski definition) is 0. The first-order chi connectivity index (χ1) is 9.06. The predicted molar refractivity (Wildman–Crippen MR) is 72.3 cm³/mol. The topological polar surface area (TPSA) is 26.3 Å². The number of aryl methyl sites for hydroxylation is 1. The van der Waals surface area contributed by atoms with Gasteiger partial charge >= 0.3 is 0 Å². The van der Waals surface area contributed by atoms with E-state index in [0.29, 0.717) is 11.3 Å². The first-order valence-corrected chi connectivity index (χ1v) is 5.99. The van der Waals surface area contributed by atoms with Crippen LogP contribution in [0.1, 0.15) is 27.0 Å². The number of methoxy groups -OCH3 is 1. The van der Waals surface area contributed by atoms with Crippen LogP contribution in [-0.2, 0) is 0 Å². The van der Waals surface area contributed by atoms with Crippen LogP contribution in [0.5, 0.6) is 5.75 Å². The molecule has 0 spiro atoms. The Bertz CT molecular complexity index is 633. The van der Waals surface area contributed by atoms with E-state index in [2.05, 4.69) is 0 Å². The molecule has 2 aromatic rings. The van der Waals surface area contributed by atoms with Gasteiger partial charge in [0, 0.05) is 0 Å². The molecular formula is C16H15FO2. The fourth-order valence-corrected chi connectivity index (χ4v) is 2.02. The Hall–Kier alpha value is -2.16. The second-order valence-corrected chi connectivity index (χ2v) is 4.40. The van der Waals surface area contributed by atoms with Gasteiger partial charge in [-0.3, -0.25) is 4.79 Å². The molecule has 0 aliphatic rings. The normalized spacial score (nSPS) is 10.3. The van der Waals surface area contributed by atoms with Gasteiger partial charge in [-0.2, -0.15) is 0 Å². The zero-order valence-corrected chi connectivity index (χ0v) is 11.2. The van der Waals surface area contributed by atoms with Crippen molar-refractivity contribution in [3.63, 3.8) is 0 Å². The zero-order valence-electron chi connectivity index (χ0n) is 11.2. The summed E-state index contributed by atoms with van der Waals surface area (Å²) in [4.78, 5) is 12.4. The molecule has 0 bridgehead atoms. The average Bonchev–Trinajstić information content (AvgIpc) is 2.41. The Morgan fingerprint density at radius 3 is 2.37 bits per heavy atom. The molecule has 0 aromatic heterocycles. The fraction of sp³-hybridized carbons (Fsp3) is 0.188. The molecule has 0 atom stereocenters. The van der Waals surface area contributed by atoms with Crippen LogP contribution in [0, 0.1) is 19.7 Å². The second-order valence-electron chi connectivity index (χ2n) is 4.40. The van der Waals surface area contributed by atoms with Crippen LogP contribution in [0.4, 0.5) is 4.39 Å². The minimum Gasteiger partial charge on any atom is -0.496 e. The molecule has 0 radical (unpaired) electrons. The molecule has 0 amide bonds. The molecule has 3 heteroatoms. The van der Waals surface area contributed by atoms with Crippen LogP contribution in [0.15, 0.2) is 36.4 Å². The van der Waals surface area contributed by atoms with E-state index in [1.54, 1.807) is 18.2 Å². The number of ketones is 1. The summed E-state index contributed by atoms with van der Waals surface area (Å²) in [6, 6.07) is 9.47. The number of ether oxygens (including phenoxy) is 1. The van der Waals surface area contributed by atoms with E-state index < -0.39 is 5.82 Å². The van der Waals surface area contributed by atoms with Gasteiger partial charge < -0.3 is 4.74 Å².